The molecular formula is C22H27ClN2O4S2. The number of halogens is 1. The summed E-state index contributed by atoms with van der Waals surface area (Å²) in [6, 6.07) is 4.85. The van der Waals surface area contributed by atoms with E-state index in [9.17, 15) is 13.2 Å². The van der Waals surface area contributed by atoms with Gasteiger partial charge in [-0.2, -0.15) is 11.8 Å². The minimum Gasteiger partial charge on any atom is -0.378 e. The molecule has 1 aromatic rings. The van der Waals surface area contributed by atoms with Crippen LogP contribution in [0.25, 0.3) is 0 Å². The van der Waals surface area contributed by atoms with Crippen LogP contribution >= 0.6 is 23.4 Å². The highest BCUT2D eigenvalue weighted by atomic mass is 35.5. The first-order valence-corrected chi connectivity index (χ1v) is 13.8. The van der Waals surface area contributed by atoms with E-state index in [0.29, 0.717) is 45.0 Å². The zero-order chi connectivity index (χ0) is 22.2. The van der Waals surface area contributed by atoms with E-state index in [4.69, 9.17) is 16.3 Å². The highest BCUT2D eigenvalue weighted by Crippen LogP contribution is 2.36. The number of amides is 1. The minimum absolute atomic E-state index is 0.0868. The number of morpholine rings is 1. The van der Waals surface area contributed by atoms with Crippen LogP contribution in [0.15, 0.2) is 46.4 Å². The molecule has 2 atom stereocenters. The maximum absolute atomic E-state index is 13.6. The highest BCUT2D eigenvalue weighted by molar-refractivity contribution is 8.00. The molecular weight excluding hydrogens is 456 g/mol. The summed E-state index contributed by atoms with van der Waals surface area (Å²) >= 11 is 8.34. The summed E-state index contributed by atoms with van der Waals surface area (Å²) < 4.78 is 29.8. The maximum Gasteiger partial charge on any atom is 0.256 e. The highest BCUT2D eigenvalue weighted by Gasteiger charge is 2.33. The molecule has 2 fully saturated rings. The van der Waals surface area contributed by atoms with Crippen LogP contribution < -0.4 is 4.90 Å². The van der Waals surface area contributed by atoms with Gasteiger partial charge < -0.3 is 14.5 Å². The summed E-state index contributed by atoms with van der Waals surface area (Å²) in [5, 5.41) is 0.120. The van der Waals surface area contributed by atoms with Crippen molar-refractivity contribution in [1.82, 2.24) is 4.90 Å². The molecule has 0 aromatic heterocycles. The van der Waals surface area contributed by atoms with Crippen LogP contribution in [0.2, 0.25) is 0 Å². The predicted molar refractivity (Wildman–Crippen MR) is 126 cm³/mol. The number of anilines is 1. The average molecular weight is 483 g/mol. The number of hydrogen-bond donors (Lipinski definition) is 0. The Morgan fingerprint density at radius 3 is 2.52 bits per heavy atom. The van der Waals surface area contributed by atoms with Crippen molar-refractivity contribution in [3.05, 3.63) is 47.1 Å². The second-order valence-corrected chi connectivity index (χ2v) is 11.9. The summed E-state index contributed by atoms with van der Waals surface area (Å²) in [5.41, 5.74) is 3.41. The topological polar surface area (TPSA) is 66.9 Å². The van der Waals surface area contributed by atoms with Crippen LogP contribution in [-0.2, 0) is 14.6 Å². The summed E-state index contributed by atoms with van der Waals surface area (Å²) in [7, 11) is -3.43. The number of hydrogen-bond acceptors (Lipinski definition) is 6. The third-order valence-electron chi connectivity index (χ3n) is 5.80. The minimum atomic E-state index is -3.43. The number of carbonyl (C=O) groups is 1. The Labute approximate surface area is 193 Å². The van der Waals surface area contributed by atoms with Crippen molar-refractivity contribution in [1.29, 1.82) is 0 Å². The van der Waals surface area contributed by atoms with Gasteiger partial charge in [0.15, 0.2) is 9.84 Å². The molecule has 1 amide bonds. The van der Waals surface area contributed by atoms with Crippen molar-refractivity contribution in [3.63, 3.8) is 0 Å². The molecule has 168 valence electrons. The Morgan fingerprint density at radius 1 is 1.19 bits per heavy atom. The normalized spacial score (nSPS) is 24.0. The summed E-state index contributed by atoms with van der Waals surface area (Å²) in [6.07, 6.45) is 5.41. The number of rotatable bonds is 5. The van der Waals surface area contributed by atoms with Crippen molar-refractivity contribution in [3.8, 4) is 0 Å². The number of benzene rings is 1. The van der Waals surface area contributed by atoms with Crippen LogP contribution in [0.4, 0.5) is 5.69 Å². The standard InChI is InChI=1S/C22H27ClN2O4S2/c1-3-30-21-11-16-14-25(13-15(16)10-19(21)23)22(26)18-12-17(31(2,27)28)4-5-20(18)24-6-8-29-9-7-24/h4-5,10-12,19,21H,3,6-9,13-14H2,1-2H3. The molecule has 31 heavy (non-hydrogen) atoms. The number of likely N-dealkylation sites (tertiary alicyclic amines) is 1. The van der Waals surface area contributed by atoms with E-state index >= 15 is 0 Å². The molecule has 2 unspecified atom stereocenters. The molecule has 1 aromatic carbocycles. The van der Waals surface area contributed by atoms with Crippen molar-refractivity contribution in [2.75, 3.05) is 56.3 Å². The molecule has 4 rings (SSSR count). The van der Waals surface area contributed by atoms with E-state index in [-0.39, 0.29) is 21.4 Å². The number of fused-ring (bicyclic) bond motifs is 1. The zero-order valence-electron chi connectivity index (χ0n) is 17.7. The Hall–Kier alpha value is -1.48. The van der Waals surface area contributed by atoms with Gasteiger partial charge in [-0.05, 0) is 35.1 Å². The van der Waals surface area contributed by atoms with Gasteiger partial charge in [0.25, 0.3) is 5.91 Å². The van der Waals surface area contributed by atoms with Gasteiger partial charge in [0, 0.05) is 43.4 Å². The number of allylic oxidation sites excluding steroid dienone is 1. The molecule has 2 saturated heterocycles. The molecule has 6 nitrogen and oxygen atoms in total. The fourth-order valence-corrected chi connectivity index (χ4v) is 6.21. The predicted octanol–water partition coefficient (Wildman–Crippen LogP) is 2.98. The molecule has 0 spiro atoms. The average Bonchev–Trinajstić information content (AvgIpc) is 3.16. The Bertz CT molecular complexity index is 1030. The number of thioether (sulfide) groups is 1. The van der Waals surface area contributed by atoms with Crippen molar-refractivity contribution in [2.45, 2.75) is 22.4 Å². The molecule has 9 heteroatoms. The first kappa shape index (κ1) is 22.7. The Kier molecular flexibility index (Phi) is 6.72. The third-order valence-corrected chi connectivity index (χ3v) is 8.60. The lowest BCUT2D eigenvalue weighted by molar-refractivity contribution is 0.0800. The van der Waals surface area contributed by atoms with E-state index < -0.39 is 9.84 Å². The van der Waals surface area contributed by atoms with Crippen molar-refractivity contribution < 1.29 is 17.9 Å². The molecule has 0 radical (unpaired) electrons. The molecule has 2 heterocycles. The fraction of sp³-hybridized carbons (Fsp3) is 0.500. The lowest BCUT2D eigenvalue weighted by atomic mass is 10.0. The lowest BCUT2D eigenvalue weighted by Gasteiger charge is -2.31. The SMILES string of the molecule is CCSC1C=C2CN(C(=O)c3cc(S(C)(=O)=O)ccc3N3CCOCC3)CC2=CC1Cl. The summed E-state index contributed by atoms with van der Waals surface area (Å²) in [4.78, 5) is 17.6. The van der Waals surface area contributed by atoms with E-state index in [0.717, 1.165) is 28.8 Å². The number of alkyl halides is 1. The van der Waals surface area contributed by atoms with Gasteiger partial charge in [0.05, 0.1) is 29.0 Å². The number of nitrogens with zero attached hydrogens (tertiary/aromatic N) is 2. The van der Waals surface area contributed by atoms with E-state index in [2.05, 4.69) is 24.0 Å². The number of carbonyl (C=O) groups excluding carboxylic acids is 1. The number of ether oxygens (including phenoxy) is 1. The van der Waals surface area contributed by atoms with Gasteiger partial charge in [-0.25, -0.2) is 8.42 Å². The van der Waals surface area contributed by atoms with Crippen LogP contribution in [0.5, 0.6) is 0 Å². The second-order valence-electron chi connectivity index (χ2n) is 7.96. The zero-order valence-corrected chi connectivity index (χ0v) is 20.1. The van der Waals surface area contributed by atoms with Crippen LogP contribution in [-0.4, -0.2) is 81.3 Å². The smallest absolute Gasteiger partial charge is 0.256 e. The monoisotopic (exact) mass is 482 g/mol. The molecule has 0 N–H and O–H groups in total. The summed E-state index contributed by atoms with van der Waals surface area (Å²) in [5.74, 6) is 0.819. The largest absolute Gasteiger partial charge is 0.378 e. The Balaban J connectivity index is 1.66. The van der Waals surface area contributed by atoms with E-state index in [1.54, 1.807) is 28.8 Å². The van der Waals surface area contributed by atoms with E-state index in [1.165, 1.54) is 6.07 Å². The fourth-order valence-electron chi connectivity index (χ4n) is 4.21. The summed E-state index contributed by atoms with van der Waals surface area (Å²) in [6.45, 7) is 5.61. The quantitative estimate of drug-likeness (QED) is 0.601. The van der Waals surface area contributed by atoms with Gasteiger partial charge in [-0.3, -0.25) is 4.79 Å². The molecule has 3 aliphatic rings. The maximum atomic E-state index is 13.6. The van der Waals surface area contributed by atoms with Gasteiger partial charge in [-0.1, -0.05) is 19.1 Å². The number of sulfone groups is 1. The van der Waals surface area contributed by atoms with Crippen LogP contribution in [0.1, 0.15) is 17.3 Å². The van der Waals surface area contributed by atoms with Crippen molar-refractivity contribution in [2.24, 2.45) is 0 Å². The van der Waals surface area contributed by atoms with Crippen LogP contribution in [0.3, 0.4) is 0 Å². The Morgan fingerprint density at radius 2 is 1.87 bits per heavy atom. The van der Waals surface area contributed by atoms with E-state index in [1.807, 2.05) is 0 Å². The first-order valence-electron chi connectivity index (χ1n) is 10.4. The third kappa shape index (κ3) is 4.82. The first-order chi connectivity index (χ1) is 14.8. The molecule has 0 bridgehead atoms. The van der Waals surface area contributed by atoms with Gasteiger partial charge >= 0.3 is 0 Å². The molecule has 2 aliphatic heterocycles. The molecule has 1 aliphatic carbocycles. The van der Waals surface area contributed by atoms with Gasteiger partial charge in [-0.15, -0.1) is 11.6 Å². The van der Waals surface area contributed by atoms with Gasteiger partial charge in [0.1, 0.15) is 0 Å². The van der Waals surface area contributed by atoms with Gasteiger partial charge in [0.2, 0.25) is 0 Å². The lowest BCUT2D eigenvalue weighted by Crippen LogP contribution is -2.38. The second kappa shape index (κ2) is 9.17. The van der Waals surface area contributed by atoms with Crippen molar-refractivity contribution >= 4 is 44.8 Å². The van der Waals surface area contributed by atoms with Crippen LogP contribution in [0, 0.1) is 0 Å². The molecule has 0 saturated carbocycles.